The molecule has 0 saturated heterocycles. The van der Waals surface area contributed by atoms with Gasteiger partial charge in [0.25, 0.3) is 0 Å². The SMILES string of the molecule is O=[P+](O)O.[Al+3].[Zn+2]. The maximum atomic E-state index is 8.70. The molecular weight excluding hydrogens is 171 g/mol. The van der Waals surface area contributed by atoms with Crippen molar-refractivity contribution >= 4 is 25.6 Å². The molecule has 0 unspecified atom stereocenters. The first-order valence-corrected chi connectivity index (χ1v) is 1.75. The fourth-order valence-corrected chi connectivity index (χ4v) is 0. The minimum atomic E-state index is -2.87. The summed E-state index contributed by atoms with van der Waals surface area (Å²) in [7, 11) is -2.87. The Morgan fingerprint density at radius 3 is 1.33 bits per heavy atom. The summed E-state index contributed by atoms with van der Waals surface area (Å²) in [6, 6.07) is 0. The van der Waals surface area contributed by atoms with E-state index in [1.807, 2.05) is 0 Å². The number of rotatable bonds is 0. The molecule has 6 heteroatoms. The maximum Gasteiger partial charge on any atom is 3.00 e. The van der Waals surface area contributed by atoms with E-state index in [2.05, 4.69) is 0 Å². The van der Waals surface area contributed by atoms with Crippen LogP contribution >= 0.6 is 8.25 Å². The van der Waals surface area contributed by atoms with E-state index in [0.717, 1.165) is 0 Å². The van der Waals surface area contributed by atoms with Crippen LogP contribution in [0, 0.1) is 0 Å². The number of hydrogen-bond donors (Lipinski definition) is 2. The third-order valence-electron chi connectivity index (χ3n) is 0. The first-order valence-electron chi connectivity index (χ1n) is 0.583. The van der Waals surface area contributed by atoms with Gasteiger partial charge in [-0.3, -0.25) is 0 Å². The summed E-state index contributed by atoms with van der Waals surface area (Å²) in [5, 5.41) is 0. The van der Waals surface area contributed by atoms with Crippen molar-refractivity contribution in [3.63, 3.8) is 0 Å². The molecule has 0 amide bonds. The van der Waals surface area contributed by atoms with E-state index in [1.165, 1.54) is 0 Å². The third kappa shape index (κ3) is 65.3. The van der Waals surface area contributed by atoms with E-state index >= 15 is 0 Å². The van der Waals surface area contributed by atoms with Crippen molar-refractivity contribution in [1.29, 1.82) is 0 Å². The van der Waals surface area contributed by atoms with Gasteiger partial charge in [-0.1, -0.05) is 0 Å². The molecule has 0 bridgehead atoms. The molecule has 24 valence electrons. The summed E-state index contributed by atoms with van der Waals surface area (Å²) in [4.78, 5) is 14.2. The Hall–Kier alpha value is 1.18. The van der Waals surface area contributed by atoms with Gasteiger partial charge in [-0.15, -0.1) is 9.79 Å². The van der Waals surface area contributed by atoms with Crippen molar-refractivity contribution in [2.45, 2.75) is 0 Å². The first-order chi connectivity index (χ1) is 1.73. The smallest absolute Gasteiger partial charge is 0.134 e. The van der Waals surface area contributed by atoms with E-state index in [4.69, 9.17) is 14.4 Å². The van der Waals surface area contributed by atoms with Crippen molar-refractivity contribution < 1.29 is 33.8 Å². The Morgan fingerprint density at radius 1 is 1.33 bits per heavy atom. The van der Waals surface area contributed by atoms with Crippen LogP contribution in [-0.4, -0.2) is 27.1 Å². The molecule has 0 heterocycles. The van der Waals surface area contributed by atoms with Crippen LogP contribution in [0.15, 0.2) is 0 Å². The quantitative estimate of drug-likeness (QED) is 0.374. The average Bonchev–Trinajstić information content (AvgIpc) is 0.811. The van der Waals surface area contributed by atoms with Gasteiger partial charge >= 0.3 is 45.1 Å². The summed E-state index contributed by atoms with van der Waals surface area (Å²) in [6.07, 6.45) is 0. The van der Waals surface area contributed by atoms with Crippen molar-refractivity contribution in [3.8, 4) is 0 Å². The molecule has 6 heavy (non-hydrogen) atoms. The number of hydrogen-bond acceptors (Lipinski definition) is 1. The van der Waals surface area contributed by atoms with Crippen LogP contribution in [0.1, 0.15) is 0 Å². The second-order valence-corrected chi connectivity index (χ2v) is 0.758. The first kappa shape index (κ1) is 15.7. The van der Waals surface area contributed by atoms with Crippen LogP contribution in [0.5, 0.6) is 0 Å². The Morgan fingerprint density at radius 2 is 1.33 bits per heavy atom. The molecule has 0 atom stereocenters. The van der Waals surface area contributed by atoms with E-state index < -0.39 is 8.25 Å². The van der Waals surface area contributed by atoms with Crippen LogP contribution in [0.2, 0.25) is 0 Å². The molecule has 0 fully saturated rings. The van der Waals surface area contributed by atoms with Crippen molar-refractivity contribution in [3.05, 3.63) is 0 Å². The van der Waals surface area contributed by atoms with E-state index in [0.29, 0.717) is 0 Å². The molecule has 0 aromatic heterocycles. The molecular formula is H2AlO3PZn+6. The molecule has 0 aliphatic rings. The maximum absolute atomic E-state index is 8.70. The molecule has 3 nitrogen and oxygen atoms in total. The van der Waals surface area contributed by atoms with Crippen molar-refractivity contribution in [1.82, 2.24) is 0 Å². The molecule has 0 aromatic carbocycles. The largest absolute Gasteiger partial charge is 3.00 e. The van der Waals surface area contributed by atoms with E-state index in [1.54, 1.807) is 0 Å². The predicted octanol–water partition coefficient (Wildman–Crippen LogP) is -0.755. The van der Waals surface area contributed by atoms with Gasteiger partial charge in [0, 0.05) is 4.57 Å². The molecule has 0 spiro atoms. The Labute approximate surface area is 59.6 Å². The van der Waals surface area contributed by atoms with Gasteiger partial charge in [-0.05, 0) is 0 Å². The second kappa shape index (κ2) is 9.49. The summed E-state index contributed by atoms with van der Waals surface area (Å²) in [5.41, 5.74) is 0. The second-order valence-electron chi connectivity index (χ2n) is 0.253. The summed E-state index contributed by atoms with van der Waals surface area (Å²) in [6.45, 7) is 0. The van der Waals surface area contributed by atoms with Crippen LogP contribution in [0.3, 0.4) is 0 Å². The van der Waals surface area contributed by atoms with Gasteiger partial charge in [0.05, 0.1) is 0 Å². The van der Waals surface area contributed by atoms with Gasteiger partial charge in [0.2, 0.25) is 0 Å². The molecule has 0 aromatic rings. The van der Waals surface area contributed by atoms with Gasteiger partial charge in [-0.25, -0.2) is 0 Å². The molecule has 0 radical (unpaired) electrons. The summed E-state index contributed by atoms with van der Waals surface area (Å²) in [5.74, 6) is 0. The van der Waals surface area contributed by atoms with Crippen LogP contribution in [-0.2, 0) is 24.0 Å². The van der Waals surface area contributed by atoms with E-state index in [9.17, 15) is 0 Å². The minimum absolute atomic E-state index is 0. The summed E-state index contributed by atoms with van der Waals surface area (Å²) < 4.78 is 8.70. The third-order valence-corrected chi connectivity index (χ3v) is 0. The fraction of sp³-hybridized carbons (Fsp3) is 0. The van der Waals surface area contributed by atoms with Crippen molar-refractivity contribution in [2.75, 3.05) is 0 Å². The Kier molecular flexibility index (Phi) is 24.8. The fourth-order valence-electron chi connectivity index (χ4n) is 0. The standard InChI is InChI=1S/Al.HO3P.Zn/c;1-4(2)3;/h;(H-,1,2,3);/q+3;;+2/p+1. The Bertz CT molecular complexity index is 33.8. The zero-order chi connectivity index (χ0) is 3.58. The van der Waals surface area contributed by atoms with Gasteiger partial charge in [-0.2, -0.15) is 0 Å². The van der Waals surface area contributed by atoms with E-state index in [-0.39, 0.29) is 36.8 Å². The van der Waals surface area contributed by atoms with Crippen LogP contribution in [0.25, 0.3) is 0 Å². The summed E-state index contributed by atoms with van der Waals surface area (Å²) >= 11 is 0. The topological polar surface area (TPSA) is 57.5 Å². The normalized spacial score (nSPS) is 4.33. The average molecular weight is 173 g/mol. The van der Waals surface area contributed by atoms with Gasteiger partial charge in [0.15, 0.2) is 0 Å². The van der Waals surface area contributed by atoms with Crippen LogP contribution in [0.4, 0.5) is 0 Å². The molecule has 0 aliphatic carbocycles. The van der Waals surface area contributed by atoms with Crippen molar-refractivity contribution in [2.24, 2.45) is 0 Å². The molecule has 0 saturated carbocycles. The molecule has 0 aliphatic heterocycles. The van der Waals surface area contributed by atoms with Crippen LogP contribution < -0.4 is 0 Å². The monoisotopic (exact) mass is 172 g/mol. The van der Waals surface area contributed by atoms with Gasteiger partial charge in [0.1, 0.15) is 0 Å². The Balaban J connectivity index is -0.0000000450. The minimum Gasteiger partial charge on any atom is -0.134 e. The van der Waals surface area contributed by atoms with Gasteiger partial charge < -0.3 is 0 Å². The zero-order valence-corrected chi connectivity index (χ0v) is 8.05. The zero-order valence-electron chi connectivity index (χ0n) is 3.03. The molecule has 2 N–H and O–H groups in total. The predicted molar refractivity (Wildman–Crippen MR) is 17.8 cm³/mol. The molecule has 0 rings (SSSR count).